The minimum Gasteiger partial charge on any atom is -0.375 e. The van der Waals surface area contributed by atoms with Crippen LogP contribution in [0.15, 0.2) is 0 Å². The lowest BCUT2D eigenvalue weighted by Gasteiger charge is -2.31. The third kappa shape index (κ3) is 4.68. The van der Waals surface area contributed by atoms with Crippen molar-refractivity contribution in [2.75, 3.05) is 25.9 Å². The third-order valence-electron chi connectivity index (χ3n) is 4.19. The Morgan fingerprint density at radius 1 is 1.43 bits per heavy atom. The molecule has 1 amide bonds. The van der Waals surface area contributed by atoms with Gasteiger partial charge in [0.15, 0.2) is 5.13 Å². The summed E-state index contributed by atoms with van der Waals surface area (Å²) in [4.78, 5) is 19.2. The van der Waals surface area contributed by atoms with Gasteiger partial charge in [-0.15, -0.1) is 0 Å². The van der Waals surface area contributed by atoms with E-state index in [0.717, 1.165) is 19.0 Å². The Bertz CT molecular complexity index is 468. The van der Waals surface area contributed by atoms with Gasteiger partial charge in [0.2, 0.25) is 0 Å². The molecule has 6 heteroatoms. The lowest BCUT2D eigenvalue weighted by Crippen LogP contribution is -2.35. The maximum Gasteiger partial charge on any atom is 0.263 e. The number of carbonyl (C=O) groups is 1. The van der Waals surface area contributed by atoms with Crippen LogP contribution in [0.25, 0.3) is 0 Å². The molecular weight excluding hydrogens is 284 g/mol. The number of hydrogen-bond donors (Lipinski definition) is 2. The number of aromatic nitrogens is 1. The number of nitrogens with one attached hydrogen (secondary N) is 1. The molecule has 21 heavy (non-hydrogen) atoms. The highest BCUT2D eigenvalue weighted by molar-refractivity contribution is 7.17. The number of carbonyl (C=O) groups excluding carboxylic acids is 1. The molecular formula is C15H26N4OS. The maximum atomic E-state index is 12.0. The molecule has 0 spiro atoms. The number of amides is 1. The lowest BCUT2D eigenvalue weighted by atomic mass is 9.94. The zero-order valence-corrected chi connectivity index (χ0v) is 13.8. The maximum absolute atomic E-state index is 12.0. The highest BCUT2D eigenvalue weighted by atomic mass is 32.1. The summed E-state index contributed by atoms with van der Waals surface area (Å²) < 4.78 is 0. The van der Waals surface area contributed by atoms with E-state index in [1.165, 1.54) is 43.4 Å². The van der Waals surface area contributed by atoms with Crippen LogP contribution in [0.2, 0.25) is 0 Å². The highest BCUT2D eigenvalue weighted by Crippen LogP contribution is 2.21. The fourth-order valence-corrected chi connectivity index (χ4v) is 3.69. The van der Waals surface area contributed by atoms with Gasteiger partial charge < -0.3 is 16.0 Å². The van der Waals surface area contributed by atoms with Crippen LogP contribution in [0.4, 0.5) is 5.13 Å². The Morgan fingerprint density at radius 2 is 2.14 bits per heavy atom. The number of rotatable bonds is 6. The predicted octanol–water partition coefficient (Wildman–Crippen LogP) is 2.42. The summed E-state index contributed by atoms with van der Waals surface area (Å²) in [6.07, 6.45) is 7.73. The quantitative estimate of drug-likeness (QED) is 0.792. The van der Waals surface area contributed by atoms with Crippen LogP contribution >= 0.6 is 11.3 Å². The molecule has 1 heterocycles. The second-order valence-corrected chi connectivity index (χ2v) is 6.88. The van der Waals surface area contributed by atoms with E-state index in [-0.39, 0.29) is 5.91 Å². The first-order valence-electron chi connectivity index (χ1n) is 7.79. The van der Waals surface area contributed by atoms with Crippen LogP contribution in [-0.4, -0.2) is 42.0 Å². The number of thiazole rings is 1. The molecule has 0 aliphatic heterocycles. The van der Waals surface area contributed by atoms with Crippen molar-refractivity contribution in [2.45, 2.75) is 51.5 Å². The van der Waals surface area contributed by atoms with Crippen molar-refractivity contribution in [3.05, 3.63) is 10.6 Å². The number of nitrogens with two attached hydrogens (primary N) is 1. The van der Waals surface area contributed by atoms with E-state index in [2.05, 4.69) is 22.2 Å². The molecule has 1 saturated carbocycles. The van der Waals surface area contributed by atoms with E-state index in [9.17, 15) is 4.79 Å². The molecule has 118 valence electrons. The number of aryl methyl sites for hydroxylation is 1. The minimum absolute atomic E-state index is 0.0537. The summed E-state index contributed by atoms with van der Waals surface area (Å²) in [5, 5.41) is 3.41. The van der Waals surface area contributed by atoms with Gasteiger partial charge in [-0.05, 0) is 39.8 Å². The molecule has 0 unspecified atom stereocenters. The highest BCUT2D eigenvalue weighted by Gasteiger charge is 2.17. The molecule has 3 N–H and O–H groups in total. The average molecular weight is 310 g/mol. The van der Waals surface area contributed by atoms with Crippen LogP contribution in [0.3, 0.4) is 0 Å². The summed E-state index contributed by atoms with van der Waals surface area (Å²) in [6, 6.07) is 0.734. The molecule has 1 aromatic rings. The van der Waals surface area contributed by atoms with Crippen LogP contribution in [0, 0.1) is 6.92 Å². The molecule has 0 saturated heterocycles. The van der Waals surface area contributed by atoms with E-state index in [4.69, 9.17) is 5.73 Å². The van der Waals surface area contributed by atoms with Crippen molar-refractivity contribution in [2.24, 2.45) is 0 Å². The summed E-state index contributed by atoms with van der Waals surface area (Å²) in [5.74, 6) is -0.0537. The molecule has 1 aliphatic rings. The second kappa shape index (κ2) is 7.75. The normalized spacial score (nSPS) is 16.3. The Balaban J connectivity index is 1.67. The van der Waals surface area contributed by atoms with Gasteiger partial charge in [0.05, 0.1) is 5.69 Å². The number of nitrogen functional groups attached to an aromatic ring is 1. The first-order chi connectivity index (χ1) is 10.1. The van der Waals surface area contributed by atoms with Crippen molar-refractivity contribution in [3.8, 4) is 0 Å². The van der Waals surface area contributed by atoms with Crippen LogP contribution in [0.5, 0.6) is 0 Å². The monoisotopic (exact) mass is 310 g/mol. The molecule has 1 aromatic heterocycles. The fourth-order valence-electron chi connectivity index (χ4n) is 2.94. The summed E-state index contributed by atoms with van der Waals surface area (Å²) >= 11 is 1.25. The van der Waals surface area contributed by atoms with Crippen molar-refractivity contribution in [1.82, 2.24) is 15.2 Å². The lowest BCUT2D eigenvalue weighted by molar-refractivity contribution is 0.0954. The van der Waals surface area contributed by atoms with Gasteiger partial charge in [0.25, 0.3) is 5.91 Å². The molecule has 0 bridgehead atoms. The predicted molar refractivity (Wildman–Crippen MR) is 87.7 cm³/mol. The molecule has 2 rings (SSSR count). The number of hydrogen-bond acceptors (Lipinski definition) is 5. The van der Waals surface area contributed by atoms with E-state index in [1.54, 1.807) is 0 Å². The van der Waals surface area contributed by atoms with Crippen LogP contribution in [0.1, 0.15) is 53.9 Å². The average Bonchev–Trinajstić information content (AvgIpc) is 2.83. The number of anilines is 1. The molecule has 0 atom stereocenters. The van der Waals surface area contributed by atoms with E-state index in [1.807, 2.05) is 6.92 Å². The van der Waals surface area contributed by atoms with Crippen molar-refractivity contribution in [3.63, 3.8) is 0 Å². The van der Waals surface area contributed by atoms with E-state index >= 15 is 0 Å². The second-order valence-electron chi connectivity index (χ2n) is 5.85. The summed E-state index contributed by atoms with van der Waals surface area (Å²) in [5.41, 5.74) is 6.33. The molecule has 1 aliphatic carbocycles. The van der Waals surface area contributed by atoms with Crippen LogP contribution in [-0.2, 0) is 0 Å². The van der Waals surface area contributed by atoms with E-state index < -0.39 is 0 Å². The molecule has 5 nitrogen and oxygen atoms in total. The van der Waals surface area contributed by atoms with Gasteiger partial charge in [-0.2, -0.15) is 0 Å². The molecule has 0 aromatic carbocycles. The smallest absolute Gasteiger partial charge is 0.263 e. The van der Waals surface area contributed by atoms with Crippen LogP contribution < -0.4 is 11.1 Å². The van der Waals surface area contributed by atoms with Gasteiger partial charge in [0, 0.05) is 12.6 Å². The zero-order valence-electron chi connectivity index (χ0n) is 13.0. The third-order valence-corrected chi connectivity index (χ3v) is 5.18. The summed E-state index contributed by atoms with van der Waals surface area (Å²) in [7, 11) is 2.20. The Morgan fingerprint density at radius 3 is 2.76 bits per heavy atom. The van der Waals surface area contributed by atoms with Gasteiger partial charge >= 0.3 is 0 Å². The first-order valence-corrected chi connectivity index (χ1v) is 8.61. The Hall–Kier alpha value is -1.14. The van der Waals surface area contributed by atoms with Crippen molar-refractivity contribution < 1.29 is 4.79 Å². The SMILES string of the molecule is Cc1nc(N)sc1C(=O)NCCCN(C)C1CCCCC1. The zero-order chi connectivity index (χ0) is 15.2. The van der Waals surface area contributed by atoms with Crippen molar-refractivity contribution >= 4 is 22.4 Å². The van der Waals surface area contributed by atoms with Gasteiger partial charge in [-0.3, -0.25) is 4.79 Å². The Kier molecular flexibility index (Phi) is 5.99. The molecule has 1 fully saturated rings. The van der Waals surface area contributed by atoms with Gasteiger partial charge in [0.1, 0.15) is 4.88 Å². The van der Waals surface area contributed by atoms with E-state index in [0.29, 0.717) is 22.2 Å². The van der Waals surface area contributed by atoms with Gasteiger partial charge in [-0.1, -0.05) is 30.6 Å². The van der Waals surface area contributed by atoms with Gasteiger partial charge in [-0.25, -0.2) is 4.98 Å². The Labute approximate surface area is 130 Å². The number of nitrogens with zero attached hydrogens (tertiary/aromatic N) is 2. The first kappa shape index (κ1) is 16.2. The van der Waals surface area contributed by atoms with Crippen molar-refractivity contribution in [1.29, 1.82) is 0 Å². The topological polar surface area (TPSA) is 71.2 Å². The molecule has 0 radical (unpaired) electrons. The minimum atomic E-state index is -0.0537. The largest absolute Gasteiger partial charge is 0.375 e. The fraction of sp³-hybridized carbons (Fsp3) is 0.733. The summed E-state index contributed by atoms with van der Waals surface area (Å²) in [6.45, 7) is 3.56. The standard InChI is InChI=1S/C15H26N4OS/c1-11-13(21-15(16)18-11)14(20)17-9-6-10-19(2)12-7-4-3-5-8-12/h12H,3-10H2,1-2H3,(H2,16,18)(H,17,20).